The first kappa shape index (κ1) is 14.7. The predicted molar refractivity (Wildman–Crippen MR) is 70.2 cm³/mol. The van der Waals surface area contributed by atoms with Crippen LogP contribution >= 0.6 is 0 Å². The lowest BCUT2D eigenvalue weighted by molar-refractivity contribution is 0.386. The Kier molecular flexibility index (Phi) is 10.0. The second kappa shape index (κ2) is 10.2. The first-order valence-electron chi connectivity index (χ1n) is 6.50. The third-order valence-electron chi connectivity index (χ3n) is 3.10. The highest BCUT2D eigenvalue weighted by molar-refractivity contribution is 4.68. The van der Waals surface area contributed by atoms with Gasteiger partial charge in [-0.15, -0.1) is 6.58 Å². The van der Waals surface area contributed by atoms with Gasteiger partial charge >= 0.3 is 0 Å². The van der Waals surface area contributed by atoms with Gasteiger partial charge in [-0.1, -0.05) is 45.6 Å². The Bertz CT molecular complexity index is 140. The summed E-state index contributed by atoms with van der Waals surface area (Å²) >= 11 is 0. The van der Waals surface area contributed by atoms with Crippen LogP contribution in [0.25, 0.3) is 0 Å². The molecule has 0 radical (unpaired) electrons. The van der Waals surface area contributed by atoms with Crippen LogP contribution in [0, 0.1) is 5.92 Å². The van der Waals surface area contributed by atoms with E-state index in [1.165, 1.54) is 44.9 Å². The third kappa shape index (κ3) is 8.68. The van der Waals surface area contributed by atoms with Crippen molar-refractivity contribution in [3.8, 4) is 0 Å². The summed E-state index contributed by atoms with van der Waals surface area (Å²) in [5.74, 6) is 0.760. The van der Waals surface area contributed by atoms with Crippen molar-refractivity contribution in [3.63, 3.8) is 0 Å². The minimum absolute atomic E-state index is 0.707. The summed E-state index contributed by atoms with van der Waals surface area (Å²) in [5, 5.41) is 3.40. The van der Waals surface area contributed by atoms with E-state index in [4.69, 9.17) is 0 Å². The minimum atomic E-state index is 0.707. The highest BCUT2D eigenvalue weighted by Crippen LogP contribution is 2.12. The molecule has 1 unspecified atom stereocenters. The third-order valence-corrected chi connectivity index (χ3v) is 3.10. The summed E-state index contributed by atoms with van der Waals surface area (Å²) in [7, 11) is 2.08. The Morgan fingerprint density at radius 3 is 2.20 bits per heavy atom. The highest BCUT2D eigenvalue weighted by atomic mass is 14.9. The maximum absolute atomic E-state index is 3.74. The van der Waals surface area contributed by atoms with E-state index < -0.39 is 0 Å². The van der Waals surface area contributed by atoms with Crippen molar-refractivity contribution in [2.24, 2.45) is 5.92 Å². The Morgan fingerprint density at radius 2 is 1.67 bits per heavy atom. The summed E-state index contributed by atoms with van der Waals surface area (Å²) in [6, 6.07) is 0.707. The molecule has 0 aromatic heterocycles. The van der Waals surface area contributed by atoms with Crippen molar-refractivity contribution >= 4 is 0 Å². The van der Waals surface area contributed by atoms with Crippen LogP contribution in [-0.2, 0) is 0 Å². The molecule has 0 saturated heterocycles. The van der Waals surface area contributed by atoms with Crippen LogP contribution in [0.1, 0.15) is 58.8 Å². The summed E-state index contributed by atoms with van der Waals surface area (Å²) < 4.78 is 0. The molecule has 1 heteroatoms. The van der Waals surface area contributed by atoms with Gasteiger partial charge in [-0.05, 0) is 32.2 Å². The van der Waals surface area contributed by atoms with Gasteiger partial charge in [0, 0.05) is 6.04 Å². The van der Waals surface area contributed by atoms with Crippen LogP contribution in [0.4, 0.5) is 0 Å². The van der Waals surface area contributed by atoms with Crippen molar-refractivity contribution in [1.29, 1.82) is 0 Å². The summed E-state index contributed by atoms with van der Waals surface area (Å²) in [6.45, 7) is 8.33. The molecule has 0 aliphatic rings. The molecule has 90 valence electrons. The fourth-order valence-corrected chi connectivity index (χ4v) is 1.99. The zero-order valence-electron chi connectivity index (χ0n) is 10.9. The molecule has 0 spiro atoms. The molecule has 0 saturated carbocycles. The van der Waals surface area contributed by atoms with Crippen molar-refractivity contribution < 1.29 is 0 Å². The first-order valence-corrected chi connectivity index (χ1v) is 6.50. The van der Waals surface area contributed by atoms with Crippen molar-refractivity contribution in [1.82, 2.24) is 5.32 Å². The predicted octanol–water partition coefficient (Wildman–Crippen LogP) is 4.15. The number of hydrogen-bond acceptors (Lipinski definition) is 1. The van der Waals surface area contributed by atoms with Crippen LogP contribution in [0.15, 0.2) is 12.7 Å². The van der Waals surface area contributed by atoms with Crippen LogP contribution in [0.3, 0.4) is 0 Å². The van der Waals surface area contributed by atoms with Gasteiger partial charge in [0.2, 0.25) is 0 Å². The first-order chi connectivity index (χ1) is 7.22. The van der Waals surface area contributed by atoms with Crippen molar-refractivity contribution in [2.45, 2.75) is 64.8 Å². The second-order valence-corrected chi connectivity index (χ2v) is 4.77. The molecule has 0 rings (SSSR count). The molecular weight excluding hydrogens is 182 g/mol. The van der Waals surface area contributed by atoms with E-state index >= 15 is 0 Å². The molecule has 0 aromatic carbocycles. The molecule has 1 atom stereocenters. The average molecular weight is 211 g/mol. The molecule has 0 bridgehead atoms. The van der Waals surface area contributed by atoms with Gasteiger partial charge in [0.05, 0.1) is 0 Å². The number of nitrogens with one attached hydrogen (secondary N) is 1. The second-order valence-electron chi connectivity index (χ2n) is 4.77. The number of unbranched alkanes of at least 4 members (excludes halogenated alkanes) is 5. The quantitative estimate of drug-likeness (QED) is 0.423. The maximum atomic E-state index is 3.74. The van der Waals surface area contributed by atoms with Crippen LogP contribution in [0.5, 0.6) is 0 Å². The normalized spacial score (nSPS) is 13.1. The Morgan fingerprint density at radius 1 is 1.07 bits per heavy atom. The van der Waals surface area contributed by atoms with Gasteiger partial charge in [-0.25, -0.2) is 0 Å². The van der Waals surface area contributed by atoms with Crippen LogP contribution in [0.2, 0.25) is 0 Å². The molecule has 0 aliphatic heterocycles. The molecule has 1 nitrogen and oxygen atoms in total. The molecule has 15 heavy (non-hydrogen) atoms. The summed E-state index contributed by atoms with van der Waals surface area (Å²) in [4.78, 5) is 0. The molecule has 0 aromatic rings. The molecule has 0 fully saturated rings. The largest absolute Gasteiger partial charge is 0.317 e. The zero-order chi connectivity index (χ0) is 11.5. The lowest BCUT2D eigenvalue weighted by Crippen LogP contribution is -2.30. The molecule has 0 heterocycles. The number of hydrogen-bond donors (Lipinski definition) is 1. The van der Waals surface area contributed by atoms with Gasteiger partial charge in [0.15, 0.2) is 0 Å². The van der Waals surface area contributed by atoms with E-state index in [-0.39, 0.29) is 0 Å². The number of allylic oxidation sites excluding steroid dienone is 1. The molecular formula is C14H29N. The topological polar surface area (TPSA) is 12.0 Å². The SMILES string of the molecule is C=CCCCCCCCC(NC)C(C)C. The van der Waals surface area contributed by atoms with E-state index in [9.17, 15) is 0 Å². The Labute approximate surface area is 96.3 Å². The van der Waals surface area contributed by atoms with Crippen molar-refractivity contribution in [2.75, 3.05) is 7.05 Å². The smallest absolute Gasteiger partial charge is 0.00870 e. The van der Waals surface area contributed by atoms with Crippen LogP contribution < -0.4 is 5.32 Å². The van der Waals surface area contributed by atoms with Gasteiger partial charge in [-0.3, -0.25) is 0 Å². The molecule has 0 amide bonds. The fourth-order valence-electron chi connectivity index (χ4n) is 1.99. The van der Waals surface area contributed by atoms with E-state index in [1.54, 1.807) is 0 Å². The standard InChI is InChI=1S/C14H29N/c1-5-6-7-8-9-10-11-12-14(15-4)13(2)3/h5,13-15H,1,6-12H2,2-4H3. The van der Waals surface area contributed by atoms with Gasteiger partial charge in [0.1, 0.15) is 0 Å². The lowest BCUT2D eigenvalue weighted by Gasteiger charge is -2.19. The Hall–Kier alpha value is -0.300. The number of rotatable bonds is 10. The maximum Gasteiger partial charge on any atom is 0.00870 e. The van der Waals surface area contributed by atoms with E-state index in [1.807, 2.05) is 6.08 Å². The Balaban J connectivity index is 3.25. The highest BCUT2D eigenvalue weighted by Gasteiger charge is 2.09. The van der Waals surface area contributed by atoms with Gasteiger partial charge in [0.25, 0.3) is 0 Å². The van der Waals surface area contributed by atoms with E-state index in [2.05, 4.69) is 32.8 Å². The summed E-state index contributed by atoms with van der Waals surface area (Å²) in [6.07, 6.45) is 11.4. The van der Waals surface area contributed by atoms with Crippen LogP contribution in [-0.4, -0.2) is 13.1 Å². The van der Waals surface area contributed by atoms with Gasteiger partial charge < -0.3 is 5.32 Å². The summed E-state index contributed by atoms with van der Waals surface area (Å²) in [5.41, 5.74) is 0. The fraction of sp³-hybridized carbons (Fsp3) is 0.857. The monoisotopic (exact) mass is 211 g/mol. The van der Waals surface area contributed by atoms with Crippen molar-refractivity contribution in [3.05, 3.63) is 12.7 Å². The van der Waals surface area contributed by atoms with Gasteiger partial charge in [-0.2, -0.15) is 0 Å². The molecule has 1 N–H and O–H groups in total. The van der Waals surface area contributed by atoms with E-state index in [0.29, 0.717) is 6.04 Å². The lowest BCUT2D eigenvalue weighted by atomic mass is 9.97. The molecule has 0 aliphatic carbocycles. The minimum Gasteiger partial charge on any atom is -0.317 e. The van der Waals surface area contributed by atoms with E-state index in [0.717, 1.165) is 5.92 Å². The average Bonchev–Trinajstić information content (AvgIpc) is 2.21. The zero-order valence-corrected chi connectivity index (χ0v) is 10.9.